The maximum atomic E-state index is 11.6. The molecule has 0 radical (unpaired) electrons. The third kappa shape index (κ3) is 4.42. The maximum absolute atomic E-state index is 11.6. The Morgan fingerprint density at radius 3 is 2.72 bits per heavy atom. The molecule has 102 valence electrons. The summed E-state index contributed by atoms with van der Waals surface area (Å²) in [6.07, 6.45) is 1.80. The van der Waals surface area contributed by atoms with E-state index in [-0.39, 0.29) is 11.0 Å². The van der Waals surface area contributed by atoms with Crippen LogP contribution < -0.4 is 10.9 Å². The summed E-state index contributed by atoms with van der Waals surface area (Å²) in [6.45, 7) is 6.62. The van der Waals surface area contributed by atoms with Crippen molar-refractivity contribution in [1.82, 2.24) is 9.78 Å². The Hall–Kier alpha value is -0.880. The van der Waals surface area contributed by atoms with Crippen LogP contribution in [-0.4, -0.2) is 27.5 Å². The zero-order valence-corrected chi connectivity index (χ0v) is 12.8. The van der Waals surface area contributed by atoms with Crippen LogP contribution in [0.1, 0.15) is 27.2 Å². The van der Waals surface area contributed by atoms with Crippen LogP contribution in [-0.2, 0) is 7.05 Å². The molecule has 1 aromatic heterocycles. The lowest BCUT2D eigenvalue weighted by Crippen LogP contribution is -2.27. The van der Waals surface area contributed by atoms with E-state index in [1.54, 1.807) is 13.2 Å². The number of rotatable bonds is 4. The molecule has 6 heteroatoms. The number of aryl methyl sites for hydroxylation is 1. The zero-order chi connectivity index (χ0) is 13.9. The number of hydrogen-bond donors (Lipinski definition) is 2. The highest BCUT2D eigenvalue weighted by molar-refractivity contribution is 9.10. The number of nitrogens with zero attached hydrogens (tertiary/aromatic N) is 2. The molecule has 0 aliphatic rings. The number of nitrogens with one attached hydrogen (secondary N) is 1. The van der Waals surface area contributed by atoms with Crippen molar-refractivity contribution >= 4 is 21.6 Å². The van der Waals surface area contributed by atoms with Gasteiger partial charge in [-0.15, -0.1) is 0 Å². The largest absolute Gasteiger partial charge is 0.391 e. The number of aliphatic hydroxyl groups is 1. The van der Waals surface area contributed by atoms with Crippen LogP contribution in [0, 0.1) is 5.41 Å². The Morgan fingerprint density at radius 1 is 1.56 bits per heavy atom. The number of halogens is 1. The van der Waals surface area contributed by atoms with Gasteiger partial charge in [0.25, 0.3) is 5.56 Å². The summed E-state index contributed by atoms with van der Waals surface area (Å²) >= 11 is 3.23. The standard InChI is InChI=1S/C12H20BrN3O2/c1-12(2,3)5-8(17)6-14-9-7-15-16(4)11(18)10(9)13/h7-8,14,17H,5-6H2,1-4H3. The second kappa shape index (κ2) is 5.84. The second-order valence-corrected chi connectivity index (χ2v) is 6.39. The highest BCUT2D eigenvalue weighted by Crippen LogP contribution is 2.21. The minimum Gasteiger partial charge on any atom is -0.391 e. The third-order valence-electron chi connectivity index (χ3n) is 2.45. The number of aliphatic hydroxyl groups excluding tert-OH is 1. The van der Waals surface area contributed by atoms with E-state index in [9.17, 15) is 9.90 Å². The molecule has 0 aromatic carbocycles. The molecule has 1 aromatic rings. The lowest BCUT2D eigenvalue weighted by Gasteiger charge is -2.22. The van der Waals surface area contributed by atoms with Gasteiger partial charge in [0.1, 0.15) is 4.47 Å². The molecular formula is C12H20BrN3O2. The smallest absolute Gasteiger partial charge is 0.282 e. The van der Waals surface area contributed by atoms with E-state index in [4.69, 9.17) is 0 Å². The molecule has 0 saturated carbocycles. The van der Waals surface area contributed by atoms with Crippen molar-refractivity contribution in [3.8, 4) is 0 Å². The van der Waals surface area contributed by atoms with Crippen LogP contribution in [0.4, 0.5) is 5.69 Å². The molecule has 1 rings (SSSR count). The van der Waals surface area contributed by atoms with Gasteiger partial charge in [-0.25, -0.2) is 4.68 Å². The van der Waals surface area contributed by atoms with E-state index in [0.29, 0.717) is 23.1 Å². The molecule has 0 spiro atoms. The van der Waals surface area contributed by atoms with E-state index < -0.39 is 6.10 Å². The predicted octanol–water partition coefficient (Wildman–Crippen LogP) is 1.75. The fraction of sp³-hybridized carbons (Fsp3) is 0.667. The van der Waals surface area contributed by atoms with Crippen LogP contribution in [0.25, 0.3) is 0 Å². The SMILES string of the molecule is Cn1ncc(NCC(O)CC(C)(C)C)c(Br)c1=O. The van der Waals surface area contributed by atoms with E-state index >= 15 is 0 Å². The first-order chi connectivity index (χ1) is 8.20. The first-order valence-corrected chi connectivity index (χ1v) is 6.64. The molecule has 2 N–H and O–H groups in total. The van der Waals surface area contributed by atoms with Crippen molar-refractivity contribution in [3.63, 3.8) is 0 Å². The van der Waals surface area contributed by atoms with Gasteiger partial charge in [-0.2, -0.15) is 5.10 Å². The summed E-state index contributed by atoms with van der Waals surface area (Å²) in [5, 5.41) is 16.8. The molecule has 0 aliphatic carbocycles. The summed E-state index contributed by atoms with van der Waals surface area (Å²) in [5.74, 6) is 0. The summed E-state index contributed by atoms with van der Waals surface area (Å²) in [7, 11) is 1.59. The molecular weight excluding hydrogens is 298 g/mol. The van der Waals surface area contributed by atoms with Gasteiger partial charge >= 0.3 is 0 Å². The maximum Gasteiger partial charge on any atom is 0.282 e. The Morgan fingerprint density at radius 2 is 2.17 bits per heavy atom. The Kier molecular flexibility index (Phi) is 4.92. The van der Waals surface area contributed by atoms with Crippen molar-refractivity contribution in [2.24, 2.45) is 12.5 Å². The molecule has 5 nitrogen and oxygen atoms in total. The quantitative estimate of drug-likeness (QED) is 0.888. The average Bonchev–Trinajstić information content (AvgIpc) is 2.22. The van der Waals surface area contributed by atoms with E-state index in [0.717, 1.165) is 0 Å². The molecule has 1 unspecified atom stereocenters. The van der Waals surface area contributed by atoms with Crippen LogP contribution in [0.3, 0.4) is 0 Å². The Balaban J connectivity index is 2.65. The zero-order valence-electron chi connectivity index (χ0n) is 11.2. The molecule has 0 aliphatic heterocycles. The normalized spacial score (nSPS) is 13.4. The van der Waals surface area contributed by atoms with Crippen molar-refractivity contribution in [3.05, 3.63) is 21.0 Å². The fourth-order valence-electron chi connectivity index (χ4n) is 1.64. The molecule has 0 amide bonds. The summed E-state index contributed by atoms with van der Waals surface area (Å²) in [5.41, 5.74) is 0.472. The lowest BCUT2D eigenvalue weighted by molar-refractivity contribution is 0.132. The Bertz CT molecular complexity index is 465. The minimum absolute atomic E-state index is 0.0728. The summed E-state index contributed by atoms with van der Waals surface area (Å²) < 4.78 is 1.68. The van der Waals surface area contributed by atoms with Gasteiger partial charge in [0.05, 0.1) is 18.0 Å². The van der Waals surface area contributed by atoms with Crippen molar-refractivity contribution < 1.29 is 5.11 Å². The van der Waals surface area contributed by atoms with Crippen molar-refractivity contribution in [2.75, 3.05) is 11.9 Å². The van der Waals surface area contributed by atoms with Gasteiger partial charge in [-0.3, -0.25) is 4.79 Å². The second-order valence-electron chi connectivity index (χ2n) is 5.60. The van der Waals surface area contributed by atoms with Crippen LogP contribution in [0.5, 0.6) is 0 Å². The first kappa shape index (κ1) is 15.2. The van der Waals surface area contributed by atoms with Gasteiger partial charge in [0.2, 0.25) is 0 Å². The number of anilines is 1. The molecule has 0 fully saturated rings. The van der Waals surface area contributed by atoms with Crippen LogP contribution in [0.2, 0.25) is 0 Å². The molecule has 1 atom stereocenters. The van der Waals surface area contributed by atoms with Gasteiger partial charge in [0.15, 0.2) is 0 Å². The van der Waals surface area contributed by atoms with Gasteiger partial charge in [0, 0.05) is 13.6 Å². The number of aromatic nitrogens is 2. The highest BCUT2D eigenvalue weighted by atomic mass is 79.9. The van der Waals surface area contributed by atoms with Gasteiger partial charge in [-0.1, -0.05) is 20.8 Å². The van der Waals surface area contributed by atoms with E-state index in [2.05, 4.69) is 47.1 Å². The fourth-order valence-corrected chi connectivity index (χ4v) is 2.14. The number of hydrogen-bond acceptors (Lipinski definition) is 4. The minimum atomic E-state index is -0.457. The third-order valence-corrected chi connectivity index (χ3v) is 3.22. The van der Waals surface area contributed by atoms with Gasteiger partial charge < -0.3 is 10.4 Å². The predicted molar refractivity (Wildman–Crippen MR) is 75.7 cm³/mol. The van der Waals surface area contributed by atoms with E-state index in [1.165, 1.54) is 4.68 Å². The molecule has 1 heterocycles. The monoisotopic (exact) mass is 317 g/mol. The highest BCUT2D eigenvalue weighted by Gasteiger charge is 2.17. The molecule has 0 saturated heterocycles. The molecule has 0 bridgehead atoms. The summed E-state index contributed by atoms with van der Waals surface area (Å²) in [4.78, 5) is 11.6. The van der Waals surface area contributed by atoms with E-state index in [1.807, 2.05) is 0 Å². The van der Waals surface area contributed by atoms with Gasteiger partial charge in [-0.05, 0) is 27.8 Å². The topological polar surface area (TPSA) is 67.2 Å². The summed E-state index contributed by atoms with van der Waals surface area (Å²) in [6, 6.07) is 0. The first-order valence-electron chi connectivity index (χ1n) is 5.84. The van der Waals surface area contributed by atoms with Crippen molar-refractivity contribution in [1.29, 1.82) is 0 Å². The van der Waals surface area contributed by atoms with Crippen LogP contribution in [0.15, 0.2) is 15.5 Å². The van der Waals surface area contributed by atoms with Crippen molar-refractivity contribution in [2.45, 2.75) is 33.3 Å². The lowest BCUT2D eigenvalue weighted by atomic mass is 9.89. The molecule has 18 heavy (non-hydrogen) atoms. The Labute approximate surface area is 115 Å². The average molecular weight is 318 g/mol. The van der Waals surface area contributed by atoms with Crippen LogP contribution >= 0.6 is 15.9 Å².